The quantitative estimate of drug-likeness (QED) is 0.551. The first-order chi connectivity index (χ1) is 13.1. The van der Waals surface area contributed by atoms with Gasteiger partial charge in [-0.25, -0.2) is 0 Å². The first-order valence-corrected chi connectivity index (χ1v) is 8.64. The molecule has 1 aromatic heterocycles. The Morgan fingerprint density at radius 1 is 1.00 bits per heavy atom. The highest BCUT2D eigenvalue weighted by molar-refractivity contribution is 6.06. The number of aryl methyl sites for hydroxylation is 1. The van der Waals surface area contributed by atoms with Gasteiger partial charge in [0.25, 0.3) is 5.91 Å². The van der Waals surface area contributed by atoms with Crippen LogP contribution in [0.5, 0.6) is 0 Å². The molecule has 0 fully saturated rings. The third-order valence-corrected chi connectivity index (χ3v) is 4.56. The van der Waals surface area contributed by atoms with Gasteiger partial charge in [-0.15, -0.1) is 0 Å². The molecule has 0 spiro atoms. The van der Waals surface area contributed by atoms with Crippen molar-refractivity contribution in [3.8, 4) is 0 Å². The van der Waals surface area contributed by atoms with E-state index < -0.39 is 11.1 Å². The lowest BCUT2D eigenvalue weighted by molar-refractivity contribution is 0.102. The molecule has 0 unspecified atom stereocenters. The summed E-state index contributed by atoms with van der Waals surface area (Å²) in [5, 5.41) is 5.00. The zero-order chi connectivity index (χ0) is 19.0. The second kappa shape index (κ2) is 6.57. The Morgan fingerprint density at radius 2 is 1.78 bits per heavy atom. The van der Waals surface area contributed by atoms with E-state index >= 15 is 0 Å². The highest BCUT2D eigenvalue weighted by atomic mass is 16.2. The topological polar surface area (TPSA) is 84.0 Å². The van der Waals surface area contributed by atoms with Crippen LogP contribution in [0, 0.1) is 0 Å². The summed E-state index contributed by atoms with van der Waals surface area (Å²) in [5.74, 6) is -0.290. The number of nitrogens with zero attached hydrogens (tertiary/aromatic N) is 1. The Balaban J connectivity index is 1.70. The first kappa shape index (κ1) is 16.8. The van der Waals surface area contributed by atoms with Crippen LogP contribution in [0.25, 0.3) is 21.8 Å². The minimum Gasteiger partial charge on any atom is -0.322 e. The number of H-pyrrole nitrogens is 1. The lowest BCUT2D eigenvalue weighted by Crippen LogP contribution is -2.36. The molecule has 3 aromatic carbocycles. The van der Waals surface area contributed by atoms with Crippen molar-refractivity contribution in [1.29, 1.82) is 0 Å². The van der Waals surface area contributed by atoms with E-state index in [1.807, 2.05) is 42.5 Å². The van der Waals surface area contributed by atoms with Crippen molar-refractivity contribution in [2.75, 3.05) is 5.32 Å². The van der Waals surface area contributed by atoms with E-state index in [0.717, 1.165) is 10.8 Å². The number of hydrogen-bond acceptors (Lipinski definition) is 3. The predicted octanol–water partition coefficient (Wildman–Crippen LogP) is 3.12. The predicted molar refractivity (Wildman–Crippen MR) is 106 cm³/mol. The molecule has 0 saturated carbocycles. The first-order valence-electron chi connectivity index (χ1n) is 8.64. The van der Waals surface area contributed by atoms with E-state index in [0.29, 0.717) is 28.8 Å². The number of aromatic nitrogens is 2. The van der Waals surface area contributed by atoms with Gasteiger partial charge in [-0.3, -0.25) is 14.4 Å². The van der Waals surface area contributed by atoms with Gasteiger partial charge >= 0.3 is 11.1 Å². The molecular formula is C21H17N3O3. The third-order valence-electron chi connectivity index (χ3n) is 4.56. The second-order valence-corrected chi connectivity index (χ2v) is 6.25. The van der Waals surface area contributed by atoms with Gasteiger partial charge in [0.1, 0.15) is 0 Å². The van der Waals surface area contributed by atoms with Crippen molar-refractivity contribution in [1.82, 2.24) is 9.55 Å². The van der Waals surface area contributed by atoms with Gasteiger partial charge in [-0.2, -0.15) is 0 Å². The number of carbonyl (C=O) groups is 1. The van der Waals surface area contributed by atoms with E-state index in [1.165, 1.54) is 4.57 Å². The molecule has 0 aliphatic rings. The zero-order valence-electron chi connectivity index (χ0n) is 14.7. The number of nitrogens with one attached hydrogen (secondary N) is 2. The molecule has 0 aliphatic carbocycles. The SMILES string of the molecule is CCn1c(=O)c(=O)[nH]c2cc(C(=O)Nc3ccc4ccccc4c3)ccc21. The summed E-state index contributed by atoms with van der Waals surface area (Å²) < 4.78 is 1.39. The maximum Gasteiger partial charge on any atom is 0.316 e. The van der Waals surface area contributed by atoms with Crippen LogP contribution < -0.4 is 16.4 Å². The molecule has 0 bridgehead atoms. The molecule has 6 nitrogen and oxygen atoms in total. The molecule has 1 amide bonds. The Hall–Kier alpha value is -3.67. The molecule has 2 N–H and O–H groups in total. The third kappa shape index (κ3) is 3.01. The molecular weight excluding hydrogens is 342 g/mol. The van der Waals surface area contributed by atoms with Crippen LogP contribution in [0.1, 0.15) is 17.3 Å². The molecule has 27 heavy (non-hydrogen) atoms. The van der Waals surface area contributed by atoms with Crippen molar-refractivity contribution in [3.63, 3.8) is 0 Å². The van der Waals surface area contributed by atoms with Crippen LogP contribution in [-0.2, 0) is 6.54 Å². The number of amides is 1. The molecule has 134 valence electrons. The van der Waals surface area contributed by atoms with E-state index in [-0.39, 0.29) is 5.91 Å². The fourth-order valence-electron chi connectivity index (χ4n) is 3.20. The Morgan fingerprint density at radius 3 is 2.56 bits per heavy atom. The lowest BCUT2D eigenvalue weighted by atomic mass is 10.1. The number of fused-ring (bicyclic) bond motifs is 2. The summed E-state index contributed by atoms with van der Waals surface area (Å²) in [6, 6.07) is 18.5. The van der Waals surface area contributed by atoms with Gasteiger partial charge in [0, 0.05) is 17.8 Å². The Labute approximate surface area is 154 Å². The largest absolute Gasteiger partial charge is 0.322 e. The van der Waals surface area contributed by atoms with Crippen LogP contribution in [0.2, 0.25) is 0 Å². The average molecular weight is 359 g/mol. The standard InChI is InChI=1S/C21H17N3O3/c1-2-24-18-10-8-15(12-17(18)23-20(26)21(24)27)19(25)22-16-9-7-13-5-3-4-6-14(13)11-16/h3-12H,2H2,1H3,(H,22,25)(H,23,26). The molecule has 4 rings (SSSR count). The van der Waals surface area contributed by atoms with Gasteiger partial charge in [0.05, 0.1) is 11.0 Å². The van der Waals surface area contributed by atoms with Crippen LogP contribution in [0.15, 0.2) is 70.3 Å². The summed E-state index contributed by atoms with van der Waals surface area (Å²) in [6.45, 7) is 2.17. The maximum atomic E-state index is 12.6. The second-order valence-electron chi connectivity index (χ2n) is 6.25. The normalized spacial score (nSPS) is 11.0. The monoisotopic (exact) mass is 359 g/mol. The number of rotatable bonds is 3. The summed E-state index contributed by atoms with van der Waals surface area (Å²) in [4.78, 5) is 38.9. The van der Waals surface area contributed by atoms with Crippen molar-refractivity contribution >= 4 is 33.4 Å². The molecule has 0 saturated heterocycles. The van der Waals surface area contributed by atoms with E-state index in [1.54, 1.807) is 25.1 Å². The van der Waals surface area contributed by atoms with Crippen molar-refractivity contribution in [3.05, 3.63) is 86.9 Å². The van der Waals surface area contributed by atoms with Gasteiger partial charge in [-0.05, 0) is 48.0 Å². The van der Waals surface area contributed by atoms with Gasteiger partial charge in [-0.1, -0.05) is 30.3 Å². The maximum absolute atomic E-state index is 12.6. The minimum absolute atomic E-state index is 0.290. The van der Waals surface area contributed by atoms with Crippen molar-refractivity contribution in [2.24, 2.45) is 0 Å². The zero-order valence-corrected chi connectivity index (χ0v) is 14.7. The summed E-state index contributed by atoms with van der Waals surface area (Å²) in [6.07, 6.45) is 0. The van der Waals surface area contributed by atoms with Crippen molar-refractivity contribution < 1.29 is 4.79 Å². The van der Waals surface area contributed by atoms with Gasteiger partial charge in [0.2, 0.25) is 0 Å². The fourth-order valence-corrected chi connectivity index (χ4v) is 3.20. The highest BCUT2D eigenvalue weighted by Gasteiger charge is 2.11. The number of aromatic amines is 1. The summed E-state index contributed by atoms with van der Waals surface area (Å²) in [5.41, 5.74) is 0.824. The van der Waals surface area contributed by atoms with Crippen LogP contribution in [0.4, 0.5) is 5.69 Å². The number of benzene rings is 3. The molecule has 6 heteroatoms. The molecule has 0 radical (unpaired) electrons. The minimum atomic E-state index is -0.698. The van der Waals surface area contributed by atoms with E-state index in [2.05, 4.69) is 10.3 Å². The van der Waals surface area contributed by atoms with Crippen LogP contribution in [-0.4, -0.2) is 15.5 Å². The summed E-state index contributed by atoms with van der Waals surface area (Å²) >= 11 is 0. The Bertz CT molecular complexity index is 1300. The molecule has 0 atom stereocenters. The lowest BCUT2D eigenvalue weighted by Gasteiger charge is -2.10. The fraction of sp³-hybridized carbons (Fsp3) is 0.0952. The Kier molecular flexibility index (Phi) is 4.08. The van der Waals surface area contributed by atoms with E-state index in [4.69, 9.17) is 0 Å². The highest BCUT2D eigenvalue weighted by Crippen LogP contribution is 2.20. The number of anilines is 1. The smallest absolute Gasteiger partial charge is 0.316 e. The molecule has 4 aromatic rings. The number of hydrogen-bond donors (Lipinski definition) is 2. The van der Waals surface area contributed by atoms with Crippen molar-refractivity contribution in [2.45, 2.75) is 13.5 Å². The van der Waals surface area contributed by atoms with Crippen LogP contribution in [0.3, 0.4) is 0 Å². The molecule has 1 heterocycles. The van der Waals surface area contributed by atoms with Gasteiger partial charge in [0.15, 0.2) is 0 Å². The summed E-state index contributed by atoms with van der Waals surface area (Å²) in [7, 11) is 0. The van der Waals surface area contributed by atoms with E-state index in [9.17, 15) is 14.4 Å². The van der Waals surface area contributed by atoms with Crippen LogP contribution >= 0.6 is 0 Å². The molecule has 0 aliphatic heterocycles. The van der Waals surface area contributed by atoms with Gasteiger partial charge < -0.3 is 14.9 Å². The number of carbonyl (C=O) groups excluding carboxylic acids is 1. The average Bonchev–Trinajstić information content (AvgIpc) is 2.68.